The lowest BCUT2D eigenvalue weighted by molar-refractivity contribution is 0.122. The maximum absolute atomic E-state index is 4.45. The van der Waals surface area contributed by atoms with E-state index >= 15 is 0 Å². The Morgan fingerprint density at radius 2 is 1.48 bits per heavy atom. The van der Waals surface area contributed by atoms with E-state index in [0.717, 1.165) is 50.4 Å². The van der Waals surface area contributed by atoms with E-state index in [1.54, 1.807) is 23.7 Å². The van der Waals surface area contributed by atoms with Crippen molar-refractivity contribution in [1.82, 2.24) is 34.7 Å². The van der Waals surface area contributed by atoms with Gasteiger partial charge in [0.25, 0.3) is 0 Å². The van der Waals surface area contributed by atoms with Crippen molar-refractivity contribution >= 4 is 11.3 Å². The summed E-state index contributed by atoms with van der Waals surface area (Å²) in [5.74, 6) is 0.665. The SMILES string of the molecule is c1ncc(-c2ncc(CN3CCN(Cc4cncs4)CC3)cn2)cn1. The Kier molecular flexibility index (Phi) is 5.01. The van der Waals surface area contributed by atoms with Crippen molar-refractivity contribution in [2.75, 3.05) is 26.2 Å². The van der Waals surface area contributed by atoms with Gasteiger partial charge in [-0.3, -0.25) is 14.8 Å². The molecule has 7 nitrogen and oxygen atoms in total. The van der Waals surface area contributed by atoms with Crippen LogP contribution in [0.15, 0.2) is 42.8 Å². The minimum atomic E-state index is 0.665. The van der Waals surface area contributed by atoms with Gasteiger partial charge in [0, 0.05) is 80.7 Å². The Morgan fingerprint density at radius 1 is 0.800 bits per heavy atom. The van der Waals surface area contributed by atoms with E-state index < -0.39 is 0 Å². The van der Waals surface area contributed by atoms with Gasteiger partial charge in [-0.05, 0) is 0 Å². The van der Waals surface area contributed by atoms with Gasteiger partial charge in [-0.1, -0.05) is 0 Å². The zero-order chi connectivity index (χ0) is 16.9. The summed E-state index contributed by atoms with van der Waals surface area (Å²) in [6.07, 6.45) is 10.7. The van der Waals surface area contributed by atoms with Crippen LogP contribution in [-0.4, -0.2) is 60.9 Å². The second-order valence-electron chi connectivity index (χ2n) is 6.06. The van der Waals surface area contributed by atoms with Crippen LogP contribution in [0.5, 0.6) is 0 Å². The molecule has 3 aromatic heterocycles. The molecule has 1 saturated heterocycles. The molecule has 0 radical (unpaired) electrons. The molecule has 0 amide bonds. The lowest BCUT2D eigenvalue weighted by Gasteiger charge is -2.34. The highest BCUT2D eigenvalue weighted by Crippen LogP contribution is 2.14. The van der Waals surface area contributed by atoms with E-state index in [1.807, 2.05) is 24.1 Å². The Balaban J connectivity index is 1.30. The highest BCUT2D eigenvalue weighted by Gasteiger charge is 2.17. The molecule has 128 valence electrons. The zero-order valence-corrected chi connectivity index (χ0v) is 14.6. The van der Waals surface area contributed by atoms with Crippen LogP contribution in [0.4, 0.5) is 0 Å². The number of thiazole rings is 1. The predicted molar refractivity (Wildman–Crippen MR) is 95.7 cm³/mol. The maximum Gasteiger partial charge on any atom is 0.162 e. The molecule has 1 aliphatic heterocycles. The highest BCUT2D eigenvalue weighted by molar-refractivity contribution is 7.09. The zero-order valence-electron chi connectivity index (χ0n) is 13.8. The molecule has 8 heteroatoms. The topological polar surface area (TPSA) is 70.9 Å². The fourth-order valence-electron chi connectivity index (χ4n) is 2.90. The number of rotatable bonds is 5. The number of hydrogen-bond donors (Lipinski definition) is 0. The quantitative estimate of drug-likeness (QED) is 0.691. The van der Waals surface area contributed by atoms with Crippen molar-refractivity contribution in [3.05, 3.63) is 53.3 Å². The first-order valence-corrected chi connectivity index (χ1v) is 9.13. The van der Waals surface area contributed by atoms with Crippen molar-refractivity contribution in [2.45, 2.75) is 13.1 Å². The predicted octanol–water partition coefficient (Wildman–Crippen LogP) is 1.71. The lowest BCUT2D eigenvalue weighted by atomic mass is 10.2. The van der Waals surface area contributed by atoms with Crippen LogP contribution in [-0.2, 0) is 13.1 Å². The van der Waals surface area contributed by atoms with Gasteiger partial charge in [0.1, 0.15) is 6.33 Å². The van der Waals surface area contributed by atoms with Crippen molar-refractivity contribution < 1.29 is 0 Å². The minimum absolute atomic E-state index is 0.665. The van der Waals surface area contributed by atoms with Gasteiger partial charge in [-0.15, -0.1) is 11.3 Å². The smallest absolute Gasteiger partial charge is 0.162 e. The molecule has 0 unspecified atom stereocenters. The fraction of sp³-hybridized carbons (Fsp3) is 0.353. The molecule has 4 rings (SSSR count). The second kappa shape index (κ2) is 7.73. The highest BCUT2D eigenvalue weighted by atomic mass is 32.1. The van der Waals surface area contributed by atoms with Crippen LogP contribution in [0.2, 0.25) is 0 Å². The molecule has 1 fully saturated rings. The number of aromatic nitrogens is 5. The molecule has 0 bridgehead atoms. The molecule has 0 aromatic carbocycles. The molecular weight excluding hydrogens is 334 g/mol. The van der Waals surface area contributed by atoms with Crippen molar-refractivity contribution in [1.29, 1.82) is 0 Å². The van der Waals surface area contributed by atoms with Crippen LogP contribution in [0, 0.1) is 0 Å². The van der Waals surface area contributed by atoms with E-state index in [4.69, 9.17) is 0 Å². The van der Waals surface area contributed by atoms with Gasteiger partial charge in [0.2, 0.25) is 0 Å². The normalized spacial score (nSPS) is 16.2. The Morgan fingerprint density at radius 3 is 2.12 bits per heavy atom. The fourth-order valence-corrected chi connectivity index (χ4v) is 3.54. The molecule has 0 spiro atoms. The molecule has 0 aliphatic carbocycles. The largest absolute Gasteiger partial charge is 0.296 e. The lowest BCUT2D eigenvalue weighted by Crippen LogP contribution is -2.45. The summed E-state index contributed by atoms with van der Waals surface area (Å²) < 4.78 is 0. The van der Waals surface area contributed by atoms with Crippen LogP contribution >= 0.6 is 11.3 Å². The van der Waals surface area contributed by atoms with Gasteiger partial charge >= 0.3 is 0 Å². The van der Waals surface area contributed by atoms with Gasteiger partial charge in [-0.25, -0.2) is 19.9 Å². The Bertz CT molecular complexity index is 769. The van der Waals surface area contributed by atoms with Crippen molar-refractivity contribution in [3.8, 4) is 11.4 Å². The number of nitrogens with zero attached hydrogens (tertiary/aromatic N) is 7. The summed E-state index contributed by atoms with van der Waals surface area (Å²) in [7, 11) is 0. The van der Waals surface area contributed by atoms with E-state index in [9.17, 15) is 0 Å². The second-order valence-corrected chi connectivity index (χ2v) is 7.03. The summed E-state index contributed by atoms with van der Waals surface area (Å²) in [6, 6.07) is 0. The minimum Gasteiger partial charge on any atom is -0.296 e. The summed E-state index contributed by atoms with van der Waals surface area (Å²) in [6.45, 7) is 6.19. The molecule has 0 atom stereocenters. The van der Waals surface area contributed by atoms with Gasteiger partial charge < -0.3 is 0 Å². The average molecular weight is 353 g/mol. The van der Waals surface area contributed by atoms with Crippen LogP contribution in [0.1, 0.15) is 10.4 Å². The maximum atomic E-state index is 4.45. The molecule has 3 aromatic rings. The average Bonchev–Trinajstić information content (AvgIpc) is 3.18. The third kappa shape index (κ3) is 4.22. The van der Waals surface area contributed by atoms with E-state index in [2.05, 4.69) is 34.7 Å². The molecule has 0 N–H and O–H groups in total. The summed E-state index contributed by atoms with van der Waals surface area (Å²) >= 11 is 1.73. The van der Waals surface area contributed by atoms with Crippen LogP contribution in [0.25, 0.3) is 11.4 Å². The summed E-state index contributed by atoms with van der Waals surface area (Å²) in [4.78, 5) is 27.3. The van der Waals surface area contributed by atoms with Gasteiger partial charge in [-0.2, -0.15) is 0 Å². The molecular formula is C17H19N7S. The van der Waals surface area contributed by atoms with Crippen LogP contribution < -0.4 is 0 Å². The van der Waals surface area contributed by atoms with Gasteiger partial charge in [0.05, 0.1) is 11.1 Å². The van der Waals surface area contributed by atoms with E-state index in [1.165, 1.54) is 11.2 Å². The third-order valence-electron chi connectivity index (χ3n) is 4.26. The molecule has 1 aliphatic rings. The first kappa shape index (κ1) is 16.2. The van der Waals surface area contributed by atoms with E-state index in [0.29, 0.717) is 5.82 Å². The molecule has 25 heavy (non-hydrogen) atoms. The number of hydrogen-bond acceptors (Lipinski definition) is 8. The summed E-state index contributed by atoms with van der Waals surface area (Å²) in [5, 5.41) is 0. The number of piperazine rings is 1. The first-order valence-electron chi connectivity index (χ1n) is 8.25. The van der Waals surface area contributed by atoms with E-state index in [-0.39, 0.29) is 0 Å². The molecule has 4 heterocycles. The van der Waals surface area contributed by atoms with Crippen LogP contribution in [0.3, 0.4) is 0 Å². The third-order valence-corrected chi connectivity index (χ3v) is 5.02. The standard InChI is InChI=1S/C17H19N7S/c1-3-24(11-16-9-20-13-25-16)4-2-23(1)10-14-5-21-17(22-6-14)15-7-18-12-19-8-15/h5-9,12-13H,1-4,10-11H2. The Labute approximate surface area is 150 Å². The Hall–Kier alpha value is -2.29. The monoisotopic (exact) mass is 353 g/mol. The van der Waals surface area contributed by atoms with Gasteiger partial charge in [0.15, 0.2) is 5.82 Å². The van der Waals surface area contributed by atoms with Crippen molar-refractivity contribution in [3.63, 3.8) is 0 Å². The van der Waals surface area contributed by atoms with Crippen molar-refractivity contribution in [2.24, 2.45) is 0 Å². The molecule has 0 saturated carbocycles. The summed E-state index contributed by atoms with van der Waals surface area (Å²) in [5.41, 5.74) is 3.87. The first-order chi connectivity index (χ1) is 12.4.